The molecular weight excluding hydrogens is 314 g/mol. The molecule has 20 heavy (non-hydrogen) atoms. The first-order chi connectivity index (χ1) is 9.60. The molecular formula is C16H26BrN3. The number of likely N-dealkylation sites (N-methyl/N-ethyl adjacent to an activating group) is 1. The van der Waals surface area contributed by atoms with Crippen molar-refractivity contribution in [3.8, 4) is 0 Å². The Balaban J connectivity index is 2.21. The predicted octanol–water partition coefficient (Wildman–Crippen LogP) is 2.87. The monoisotopic (exact) mass is 339 g/mol. The summed E-state index contributed by atoms with van der Waals surface area (Å²) in [5.41, 5.74) is 8.90. The minimum atomic E-state index is 0.254. The fraction of sp³-hybridized carbons (Fsp3) is 0.625. The molecule has 0 aromatic heterocycles. The van der Waals surface area contributed by atoms with E-state index in [0.717, 1.165) is 36.9 Å². The van der Waals surface area contributed by atoms with Crippen LogP contribution in [0.5, 0.6) is 0 Å². The second kappa shape index (κ2) is 7.43. The molecule has 4 heteroatoms. The lowest BCUT2D eigenvalue weighted by Gasteiger charge is -2.26. The third-order valence-corrected chi connectivity index (χ3v) is 4.61. The molecule has 3 nitrogen and oxygen atoms in total. The maximum Gasteiger partial charge on any atom is 0.0411 e. The molecule has 0 bridgehead atoms. The third-order valence-electron chi connectivity index (χ3n) is 4.11. The molecule has 1 aromatic rings. The lowest BCUT2D eigenvalue weighted by atomic mass is 10.0. The quantitative estimate of drug-likeness (QED) is 0.915. The van der Waals surface area contributed by atoms with E-state index in [0.29, 0.717) is 0 Å². The van der Waals surface area contributed by atoms with Gasteiger partial charge < -0.3 is 15.5 Å². The smallest absolute Gasteiger partial charge is 0.0411 e. The molecule has 2 rings (SSSR count). The molecule has 0 saturated carbocycles. The average molecular weight is 340 g/mol. The van der Waals surface area contributed by atoms with Crippen molar-refractivity contribution in [2.75, 3.05) is 38.1 Å². The van der Waals surface area contributed by atoms with Gasteiger partial charge in [-0.05, 0) is 50.6 Å². The van der Waals surface area contributed by atoms with Crippen LogP contribution in [0.25, 0.3) is 0 Å². The largest absolute Gasteiger partial charge is 0.370 e. The van der Waals surface area contributed by atoms with Crippen molar-refractivity contribution < 1.29 is 0 Å². The molecule has 1 aliphatic heterocycles. The van der Waals surface area contributed by atoms with Gasteiger partial charge in [0.15, 0.2) is 0 Å². The molecule has 0 radical (unpaired) electrons. The van der Waals surface area contributed by atoms with Crippen molar-refractivity contribution in [1.29, 1.82) is 0 Å². The van der Waals surface area contributed by atoms with Gasteiger partial charge >= 0.3 is 0 Å². The van der Waals surface area contributed by atoms with Crippen LogP contribution in [0.2, 0.25) is 0 Å². The van der Waals surface area contributed by atoms with Gasteiger partial charge in [0.2, 0.25) is 0 Å². The summed E-state index contributed by atoms with van der Waals surface area (Å²) in [6, 6.07) is 6.86. The van der Waals surface area contributed by atoms with Gasteiger partial charge in [0.25, 0.3) is 0 Å². The highest BCUT2D eigenvalue weighted by molar-refractivity contribution is 9.10. The SMILES string of the molecule is CCC(N)Cc1ccc(Br)cc1N1CCCN(C)CC1. The Bertz CT molecular complexity index is 436. The van der Waals surface area contributed by atoms with Gasteiger partial charge in [-0.1, -0.05) is 28.9 Å². The number of halogens is 1. The Labute approximate surface area is 131 Å². The summed E-state index contributed by atoms with van der Waals surface area (Å²) in [7, 11) is 2.21. The lowest BCUT2D eigenvalue weighted by Crippen LogP contribution is -2.30. The fourth-order valence-corrected chi connectivity index (χ4v) is 3.07. The molecule has 1 saturated heterocycles. The highest BCUT2D eigenvalue weighted by Gasteiger charge is 2.16. The number of rotatable bonds is 4. The minimum absolute atomic E-state index is 0.254. The third kappa shape index (κ3) is 4.21. The minimum Gasteiger partial charge on any atom is -0.370 e. The van der Waals surface area contributed by atoms with Gasteiger partial charge in [0, 0.05) is 35.8 Å². The van der Waals surface area contributed by atoms with Gasteiger partial charge in [-0.15, -0.1) is 0 Å². The second-order valence-corrected chi connectivity index (χ2v) is 6.71. The van der Waals surface area contributed by atoms with E-state index in [2.05, 4.69) is 57.9 Å². The van der Waals surface area contributed by atoms with E-state index in [1.54, 1.807) is 0 Å². The van der Waals surface area contributed by atoms with E-state index < -0.39 is 0 Å². The summed E-state index contributed by atoms with van der Waals surface area (Å²) in [4.78, 5) is 4.93. The lowest BCUT2D eigenvalue weighted by molar-refractivity contribution is 0.360. The maximum absolute atomic E-state index is 6.16. The van der Waals surface area contributed by atoms with Gasteiger partial charge in [-0.2, -0.15) is 0 Å². The Morgan fingerprint density at radius 1 is 1.25 bits per heavy atom. The van der Waals surface area contributed by atoms with Crippen LogP contribution in [0.1, 0.15) is 25.3 Å². The molecule has 1 unspecified atom stereocenters. The van der Waals surface area contributed by atoms with Crippen molar-refractivity contribution in [2.24, 2.45) is 5.73 Å². The summed E-state index contributed by atoms with van der Waals surface area (Å²) in [6.07, 6.45) is 3.21. The van der Waals surface area contributed by atoms with Crippen LogP contribution >= 0.6 is 15.9 Å². The van der Waals surface area contributed by atoms with E-state index in [4.69, 9.17) is 5.73 Å². The summed E-state index contributed by atoms with van der Waals surface area (Å²) < 4.78 is 1.15. The van der Waals surface area contributed by atoms with Gasteiger partial charge in [-0.3, -0.25) is 0 Å². The van der Waals surface area contributed by atoms with Gasteiger partial charge in [0.1, 0.15) is 0 Å². The van der Waals surface area contributed by atoms with Gasteiger partial charge in [-0.25, -0.2) is 0 Å². The first-order valence-corrected chi connectivity index (χ1v) is 8.37. The molecule has 112 valence electrons. The molecule has 2 N–H and O–H groups in total. The van der Waals surface area contributed by atoms with Crippen LogP contribution in [0.4, 0.5) is 5.69 Å². The highest BCUT2D eigenvalue weighted by atomic mass is 79.9. The fourth-order valence-electron chi connectivity index (χ4n) is 2.72. The predicted molar refractivity (Wildman–Crippen MR) is 90.4 cm³/mol. The maximum atomic E-state index is 6.16. The average Bonchev–Trinajstić information content (AvgIpc) is 2.65. The summed E-state index contributed by atoms with van der Waals surface area (Å²) in [6.45, 7) is 6.71. The van der Waals surface area contributed by atoms with Gasteiger partial charge in [0.05, 0.1) is 0 Å². The van der Waals surface area contributed by atoms with Crippen LogP contribution in [-0.4, -0.2) is 44.2 Å². The zero-order chi connectivity index (χ0) is 14.5. The Morgan fingerprint density at radius 2 is 2.05 bits per heavy atom. The van der Waals surface area contributed by atoms with Crippen molar-refractivity contribution in [3.63, 3.8) is 0 Å². The Hall–Kier alpha value is -0.580. The van der Waals surface area contributed by atoms with Crippen molar-refractivity contribution in [2.45, 2.75) is 32.2 Å². The molecule has 1 heterocycles. The summed E-state index contributed by atoms with van der Waals surface area (Å²) >= 11 is 3.61. The highest BCUT2D eigenvalue weighted by Crippen LogP contribution is 2.27. The standard InChI is InChI=1S/C16H26BrN3/c1-3-15(18)11-13-5-6-14(17)12-16(13)20-8-4-7-19(2)9-10-20/h5-6,12,15H,3-4,7-11,18H2,1-2H3. The van der Waals surface area contributed by atoms with Crippen molar-refractivity contribution in [1.82, 2.24) is 4.90 Å². The van der Waals surface area contributed by atoms with E-state index in [1.165, 1.54) is 24.2 Å². The number of hydrogen-bond donors (Lipinski definition) is 1. The zero-order valence-electron chi connectivity index (χ0n) is 12.6. The van der Waals surface area contributed by atoms with Crippen LogP contribution in [0.3, 0.4) is 0 Å². The second-order valence-electron chi connectivity index (χ2n) is 5.79. The van der Waals surface area contributed by atoms with Crippen LogP contribution in [-0.2, 0) is 6.42 Å². The molecule has 0 spiro atoms. The molecule has 1 aliphatic rings. The number of hydrogen-bond acceptors (Lipinski definition) is 3. The number of anilines is 1. The molecule has 1 aromatic carbocycles. The molecule has 0 amide bonds. The van der Waals surface area contributed by atoms with Crippen molar-refractivity contribution >= 4 is 21.6 Å². The van der Waals surface area contributed by atoms with Crippen molar-refractivity contribution in [3.05, 3.63) is 28.2 Å². The van der Waals surface area contributed by atoms with Crippen LogP contribution in [0.15, 0.2) is 22.7 Å². The first-order valence-electron chi connectivity index (χ1n) is 7.57. The van der Waals surface area contributed by atoms with Crippen LogP contribution in [0, 0.1) is 0 Å². The zero-order valence-corrected chi connectivity index (χ0v) is 14.2. The molecule has 0 aliphatic carbocycles. The Morgan fingerprint density at radius 3 is 2.80 bits per heavy atom. The van der Waals surface area contributed by atoms with E-state index in [-0.39, 0.29) is 6.04 Å². The van der Waals surface area contributed by atoms with Crippen LogP contribution < -0.4 is 10.6 Å². The topological polar surface area (TPSA) is 32.5 Å². The summed E-state index contributed by atoms with van der Waals surface area (Å²) in [5.74, 6) is 0. The normalized spacial score (nSPS) is 18.9. The van der Waals surface area contributed by atoms with E-state index >= 15 is 0 Å². The molecule has 1 atom stereocenters. The first kappa shape index (κ1) is 15.8. The van der Waals surface area contributed by atoms with E-state index in [9.17, 15) is 0 Å². The van der Waals surface area contributed by atoms with E-state index in [1.807, 2.05) is 0 Å². The number of nitrogens with two attached hydrogens (primary N) is 1. The number of benzene rings is 1. The Kier molecular flexibility index (Phi) is 5.87. The molecule has 1 fully saturated rings. The number of nitrogens with zero attached hydrogens (tertiary/aromatic N) is 2. The summed E-state index contributed by atoms with van der Waals surface area (Å²) in [5, 5.41) is 0.